The number of para-hydroxylation sites is 1. The molecule has 5 rings (SSSR count). The highest BCUT2D eigenvalue weighted by Gasteiger charge is 2.23. The van der Waals surface area contributed by atoms with Gasteiger partial charge in [-0.3, -0.25) is 19.3 Å². The summed E-state index contributed by atoms with van der Waals surface area (Å²) in [5.74, 6) is 0.328. The Morgan fingerprint density at radius 1 is 1.00 bits per heavy atom. The monoisotopic (exact) mass is 482 g/mol. The highest BCUT2D eigenvalue weighted by molar-refractivity contribution is 6.03. The summed E-state index contributed by atoms with van der Waals surface area (Å²) in [4.78, 5) is 32.1. The van der Waals surface area contributed by atoms with Crippen molar-refractivity contribution < 1.29 is 9.59 Å². The highest BCUT2D eigenvalue weighted by Crippen LogP contribution is 2.35. The SMILES string of the molecule is NC(=O)c1cccc(-c2cn[nH]c2)c1-c1nc(CCCC(=O)N2CCCCC2)cn1-c1ccccc1. The molecule has 2 amide bonds. The maximum absolute atomic E-state index is 12.6. The predicted octanol–water partition coefficient (Wildman–Crippen LogP) is 4.36. The van der Waals surface area contributed by atoms with Crippen molar-refractivity contribution in [3.05, 3.63) is 78.4 Å². The van der Waals surface area contributed by atoms with Crippen molar-refractivity contribution in [2.24, 2.45) is 5.73 Å². The van der Waals surface area contributed by atoms with Crippen LogP contribution in [0.25, 0.3) is 28.2 Å². The number of carbonyl (C=O) groups excluding carboxylic acids is 2. The summed E-state index contributed by atoms with van der Waals surface area (Å²) in [6, 6.07) is 15.4. The van der Waals surface area contributed by atoms with Gasteiger partial charge in [-0.1, -0.05) is 30.3 Å². The molecule has 0 bridgehead atoms. The molecule has 3 heterocycles. The van der Waals surface area contributed by atoms with E-state index in [1.54, 1.807) is 18.5 Å². The first kappa shape index (κ1) is 23.5. The van der Waals surface area contributed by atoms with Crippen LogP contribution in [-0.2, 0) is 11.2 Å². The third kappa shape index (κ3) is 4.93. The Morgan fingerprint density at radius 2 is 1.81 bits per heavy atom. The number of hydrogen-bond donors (Lipinski definition) is 2. The molecule has 1 saturated heterocycles. The molecule has 0 radical (unpaired) electrons. The molecule has 1 aliphatic rings. The molecule has 1 fully saturated rings. The first-order chi connectivity index (χ1) is 17.6. The van der Waals surface area contributed by atoms with Gasteiger partial charge in [0.2, 0.25) is 11.8 Å². The number of carbonyl (C=O) groups is 2. The Kier molecular flexibility index (Phi) is 6.93. The molecule has 36 heavy (non-hydrogen) atoms. The molecule has 8 nitrogen and oxygen atoms in total. The number of nitrogens with zero attached hydrogens (tertiary/aromatic N) is 4. The summed E-state index contributed by atoms with van der Waals surface area (Å²) in [5, 5.41) is 6.93. The number of benzene rings is 2. The standard InChI is InChI=1S/C28H30N6O2/c29-27(36)24-13-8-12-23(20-17-30-31-18-20)26(24)28-32-21(19-34(28)22-10-3-1-4-11-22)9-7-14-25(35)33-15-5-2-6-16-33/h1,3-4,8,10-13,17-19H,2,5-7,9,14-16H2,(H2,29,36)(H,30,31). The number of nitrogens with one attached hydrogen (secondary N) is 1. The molecule has 0 saturated carbocycles. The van der Waals surface area contributed by atoms with Crippen LogP contribution >= 0.6 is 0 Å². The van der Waals surface area contributed by atoms with E-state index in [1.807, 2.05) is 58.1 Å². The van der Waals surface area contributed by atoms with Gasteiger partial charge in [0.25, 0.3) is 0 Å². The molecule has 3 N–H and O–H groups in total. The highest BCUT2D eigenvalue weighted by atomic mass is 16.2. The van der Waals surface area contributed by atoms with Crippen LogP contribution in [0.15, 0.2) is 67.1 Å². The summed E-state index contributed by atoms with van der Waals surface area (Å²) < 4.78 is 1.99. The van der Waals surface area contributed by atoms with Crippen molar-refractivity contribution in [3.63, 3.8) is 0 Å². The van der Waals surface area contributed by atoms with Gasteiger partial charge in [-0.25, -0.2) is 4.98 Å². The van der Waals surface area contributed by atoms with Crippen LogP contribution in [0.1, 0.15) is 48.2 Å². The lowest BCUT2D eigenvalue weighted by Crippen LogP contribution is -2.35. The number of imidazole rings is 1. The Hall–Kier alpha value is -4.20. The molecule has 4 aromatic rings. The van der Waals surface area contributed by atoms with E-state index in [0.717, 1.165) is 48.4 Å². The van der Waals surface area contributed by atoms with E-state index in [0.29, 0.717) is 36.2 Å². The predicted molar refractivity (Wildman–Crippen MR) is 138 cm³/mol. The summed E-state index contributed by atoms with van der Waals surface area (Å²) in [7, 11) is 0. The molecular formula is C28H30N6O2. The van der Waals surface area contributed by atoms with Gasteiger partial charge in [-0.05, 0) is 55.9 Å². The fraction of sp³-hybridized carbons (Fsp3) is 0.286. The van der Waals surface area contributed by atoms with Crippen LogP contribution in [-0.4, -0.2) is 49.6 Å². The van der Waals surface area contributed by atoms with Gasteiger partial charge >= 0.3 is 0 Å². The third-order valence-corrected chi connectivity index (χ3v) is 6.69. The maximum Gasteiger partial charge on any atom is 0.249 e. The van der Waals surface area contributed by atoms with Crippen molar-refractivity contribution in [3.8, 4) is 28.2 Å². The normalized spacial score (nSPS) is 13.6. The molecule has 0 unspecified atom stereocenters. The zero-order valence-electron chi connectivity index (χ0n) is 20.2. The summed E-state index contributed by atoms with van der Waals surface area (Å²) in [5.41, 5.74) is 10.3. The Labute approximate surface area is 210 Å². The number of likely N-dealkylation sites (tertiary alicyclic amines) is 1. The minimum Gasteiger partial charge on any atom is -0.366 e. The average molecular weight is 483 g/mol. The van der Waals surface area contributed by atoms with Crippen LogP contribution in [0.2, 0.25) is 0 Å². The lowest BCUT2D eigenvalue weighted by Gasteiger charge is -2.26. The number of aromatic nitrogens is 4. The fourth-order valence-electron chi connectivity index (χ4n) is 4.87. The quantitative estimate of drug-likeness (QED) is 0.389. The van der Waals surface area contributed by atoms with Gasteiger partial charge in [0.1, 0.15) is 5.82 Å². The van der Waals surface area contributed by atoms with Crippen LogP contribution < -0.4 is 5.73 Å². The Balaban J connectivity index is 1.51. The number of H-pyrrole nitrogens is 1. The van der Waals surface area contributed by atoms with E-state index < -0.39 is 5.91 Å². The van der Waals surface area contributed by atoms with Crippen LogP contribution in [0, 0.1) is 0 Å². The van der Waals surface area contributed by atoms with E-state index in [1.165, 1.54) is 6.42 Å². The number of aryl methyl sites for hydroxylation is 1. The molecule has 8 heteroatoms. The molecule has 1 aliphatic heterocycles. The number of piperidine rings is 1. The van der Waals surface area contributed by atoms with Crippen molar-refractivity contribution in [2.75, 3.05) is 13.1 Å². The van der Waals surface area contributed by atoms with E-state index in [-0.39, 0.29) is 5.91 Å². The number of amides is 2. The molecule has 0 aliphatic carbocycles. The first-order valence-electron chi connectivity index (χ1n) is 12.5. The topological polar surface area (TPSA) is 110 Å². The van der Waals surface area contributed by atoms with Crippen molar-refractivity contribution in [1.29, 1.82) is 0 Å². The number of hydrogen-bond acceptors (Lipinski definition) is 4. The zero-order valence-corrected chi connectivity index (χ0v) is 20.2. The lowest BCUT2D eigenvalue weighted by molar-refractivity contribution is -0.132. The molecule has 0 atom stereocenters. The minimum absolute atomic E-state index is 0.221. The van der Waals surface area contributed by atoms with E-state index in [4.69, 9.17) is 10.7 Å². The van der Waals surface area contributed by atoms with Gasteiger partial charge in [0, 0.05) is 48.7 Å². The zero-order chi connectivity index (χ0) is 24.9. The van der Waals surface area contributed by atoms with Crippen LogP contribution in [0.3, 0.4) is 0 Å². The van der Waals surface area contributed by atoms with E-state index in [2.05, 4.69) is 10.2 Å². The Bertz CT molecular complexity index is 1340. The first-order valence-corrected chi connectivity index (χ1v) is 12.5. The average Bonchev–Trinajstić information content (AvgIpc) is 3.60. The second kappa shape index (κ2) is 10.6. The number of primary amides is 1. The van der Waals surface area contributed by atoms with Crippen molar-refractivity contribution >= 4 is 11.8 Å². The number of rotatable bonds is 8. The minimum atomic E-state index is -0.522. The largest absolute Gasteiger partial charge is 0.366 e. The number of aromatic amines is 1. The summed E-state index contributed by atoms with van der Waals surface area (Å²) in [6.45, 7) is 1.73. The fourth-order valence-corrected chi connectivity index (χ4v) is 4.87. The molecule has 184 valence electrons. The summed E-state index contributed by atoms with van der Waals surface area (Å²) in [6.07, 6.45) is 10.8. The van der Waals surface area contributed by atoms with Gasteiger partial charge in [0.05, 0.1) is 17.5 Å². The molecule has 0 spiro atoms. The van der Waals surface area contributed by atoms with Crippen LogP contribution in [0.4, 0.5) is 0 Å². The third-order valence-electron chi connectivity index (χ3n) is 6.69. The Morgan fingerprint density at radius 3 is 2.53 bits per heavy atom. The van der Waals surface area contributed by atoms with Gasteiger partial charge in [-0.15, -0.1) is 0 Å². The molecule has 2 aromatic heterocycles. The van der Waals surface area contributed by atoms with Gasteiger partial charge < -0.3 is 10.6 Å². The molecule has 2 aromatic carbocycles. The summed E-state index contributed by atoms with van der Waals surface area (Å²) >= 11 is 0. The van der Waals surface area contributed by atoms with Crippen LogP contribution in [0.5, 0.6) is 0 Å². The van der Waals surface area contributed by atoms with E-state index in [9.17, 15) is 9.59 Å². The van der Waals surface area contributed by atoms with Gasteiger partial charge in [-0.2, -0.15) is 5.10 Å². The molecular weight excluding hydrogens is 452 g/mol. The van der Waals surface area contributed by atoms with Crippen molar-refractivity contribution in [2.45, 2.75) is 38.5 Å². The van der Waals surface area contributed by atoms with Crippen molar-refractivity contribution in [1.82, 2.24) is 24.6 Å². The lowest BCUT2D eigenvalue weighted by atomic mass is 9.96. The second-order valence-electron chi connectivity index (χ2n) is 9.14. The second-order valence-corrected chi connectivity index (χ2v) is 9.14. The number of nitrogens with two attached hydrogens (primary N) is 1. The maximum atomic E-state index is 12.6. The van der Waals surface area contributed by atoms with E-state index >= 15 is 0 Å². The smallest absolute Gasteiger partial charge is 0.249 e. The van der Waals surface area contributed by atoms with Gasteiger partial charge in [0.15, 0.2) is 0 Å².